The maximum atomic E-state index is 15.0. The lowest BCUT2D eigenvalue weighted by molar-refractivity contribution is -0.0482. The van der Waals surface area contributed by atoms with Gasteiger partial charge in [0.25, 0.3) is 0 Å². The third-order valence-electron chi connectivity index (χ3n) is 7.19. The van der Waals surface area contributed by atoms with Gasteiger partial charge in [0, 0.05) is 24.7 Å². The molecule has 2 aromatic rings. The summed E-state index contributed by atoms with van der Waals surface area (Å²) in [4.78, 5) is 4.27. The summed E-state index contributed by atoms with van der Waals surface area (Å²) in [5.41, 5.74) is -0.496. The van der Waals surface area contributed by atoms with Crippen LogP contribution < -0.4 is 0 Å². The van der Waals surface area contributed by atoms with E-state index in [9.17, 15) is 19.0 Å². The van der Waals surface area contributed by atoms with E-state index in [0.29, 0.717) is 19.1 Å². The Balaban J connectivity index is 2.11. The summed E-state index contributed by atoms with van der Waals surface area (Å²) in [5, 5.41) is 25.0. The second-order valence-electron chi connectivity index (χ2n) is 10.2. The van der Waals surface area contributed by atoms with Gasteiger partial charge in [-0.05, 0) is 46.3 Å². The van der Waals surface area contributed by atoms with Crippen molar-refractivity contribution in [1.82, 2.24) is 14.8 Å². The average molecular weight is 550 g/mol. The van der Waals surface area contributed by atoms with E-state index in [4.69, 9.17) is 4.74 Å². The third kappa shape index (κ3) is 4.93. The zero-order valence-electron chi connectivity index (χ0n) is 19.5. The molecule has 2 N–H and O–H groups in total. The van der Waals surface area contributed by atoms with Gasteiger partial charge in [-0.15, -0.1) is 5.10 Å². The number of aromatic nitrogens is 3. The van der Waals surface area contributed by atoms with Crippen molar-refractivity contribution in [3.8, 4) is 0 Å². The Hall–Kier alpha value is -1.27. The second kappa shape index (κ2) is 9.41. The lowest BCUT2D eigenvalue weighted by Crippen LogP contribution is -2.58. The number of hydrogen-bond donors (Lipinski definition) is 2. The summed E-state index contributed by atoms with van der Waals surface area (Å²) < 4.78 is 50.8. The summed E-state index contributed by atoms with van der Waals surface area (Å²) in [6.45, 7) is 9.83. The molecule has 1 fully saturated rings. The molecule has 11 heteroatoms. The number of aliphatic hydroxyl groups excluding tert-OH is 1. The fraction of sp³-hybridized carbons (Fsp3) is 0.636. The zero-order valence-corrected chi connectivity index (χ0v) is 22.1. The van der Waals surface area contributed by atoms with Crippen LogP contribution in [0, 0.1) is 17.5 Å². The molecule has 0 aliphatic carbocycles. The van der Waals surface area contributed by atoms with E-state index in [1.807, 2.05) is 33.9 Å². The Morgan fingerprint density at radius 1 is 1.24 bits per heavy atom. The van der Waals surface area contributed by atoms with Crippen LogP contribution in [0.3, 0.4) is 0 Å². The highest BCUT2D eigenvalue weighted by Gasteiger charge is 2.56. The van der Waals surface area contributed by atoms with E-state index in [1.54, 1.807) is 0 Å². The molecule has 0 amide bonds. The van der Waals surface area contributed by atoms with Gasteiger partial charge in [-0.1, -0.05) is 33.9 Å². The molecular weight excluding hydrogens is 519 g/mol. The fourth-order valence-corrected chi connectivity index (χ4v) is 7.37. The van der Waals surface area contributed by atoms with Crippen LogP contribution in [-0.4, -0.2) is 39.7 Å². The highest BCUT2D eigenvalue weighted by molar-refractivity contribution is 9.10. The predicted octanol–water partition coefficient (Wildman–Crippen LogP) is 5.52. The van der Waals surface area contributed by atoms with Gasteiger partial charge in [0.05, 0.1) is 13.3 Å². The lowest BCUT2D eigenvalue weighted by Gasteiger charge is -2.50. The highest BCUT2D eigenvalue weighted by Crippen LogP contribution is 2.51. The van der Waals surface area contributed by atoms with Crippen molar-refractivity contribution < 1.29 is 28.1 Å². The number of halogens is 4. The predicted molar refractivity (Wildman–Crippen MR) is 124 cm³/mol. The minimum Gasteiger partial charge on any atom is -0.389 e. The Morgan fingerprint density at radius 2 is 1.91 bits per heavy atom. The van der Waals surface area contributed by atoms with Crippen LogP contribution >= 0.6 is 15.9 Å². The van der Waals surface area contributed by atoms with Gasteiger partial charge in [0.1, 0.15) is 11.9 Å². The average Bonchev–Trinajstić information content (AvgIpc) is 3.12. The van der Waals surface area contributed by atoms with E-state index >= 15 is 4.39 Å². The highest BCUT2D eigenvalue weighted by atomic mass is 79.9. The number of aliphatic hydroxyl groups is 2. The Labute approximate surface area is 201 Å². The number of benzene rings is 1. The topological polar surface area (TPSA) is 80.4 Å². The second-order valence-corrected chi connectivity index (χ2v) is 16.5. The summed E-state index contributed by atoms with van der Waals surface area (Å²) in [6, 6.07) is 1.26. The molecule has 1 saturated heterocycles. The molecule has 3 atom stereocenters. The first-order chi connectivity index (χ1) is 15.2. The van der Waals surface area contributed by atoms with Crippen molar-refractivity contribution >= 4 is 24.0 Å². The summed E-state index contributed by atoms with van der Waals surface area (Å²) in [6.07, 6.45) is 0.247. The van der Waals surface area contributed by atoms with Crippen LogP contribution in [0.25, 0.3) is 0 Å². The SMILES string of the molecule is CC(C)(C)[Si](C)(C)C(O)(CC(O)c1nc(Br)nn1C1CCCCO1)c1cc(F)cc(F)c1F. The monoisotopic (exact) mass is 549 g/mol. The molecule has 0 bridgehead atoms. The minimum atomic E-state index is -3.00. The minimum absolute atomic E-state index is 0.128. The molecule has 0 saturated carbocycles. The Bertz CT molecular complexity index is 1010. The van der Waals surface area contributed by atoms with E-state index < -0.39 is 60.1 Å². The first kappa shape index (κ1) is 26.3. The van der Waals surface area contributed by atoms with Crippen LogP contribution in [0.5, 0.6) is 0 Å². The summed E-state index contributed by atoms with van der Waals surface area (Å²) in [7, 11) is -3.00. The van der Waals surface area contributed by atoms with E-state index in [0.717, 1.165) is 18.9 Å². The van der Waals surface area contributed by atoms with Crippen LogP contribution in [0.2, 0.25) is 18.1 Å². The van der Waals surface area contributed by atoms with Crippen molar-refractivity contribution in [2.75, 3.05) is 6.61 Å². The largest absolute Gasteiger partial charge is 0.389 e. The van der Waals surface area contributed by atoms with Gasteiger partial charge < -0.3 is 14.9 Å². The molecule has 1 aromatic heterocycles. The van der Waals surface area contributed by atoms with Gasteiger partial charge in [0.15, 0.2) is 23.7 Å². The zero-order chi connectivity index (χ0) is 24.8. The molecule has 33 heavy (non-hydrogen) atoms. The normalized spacial score (nSPS) is 20.5. The molecule has 2 heterocycles. The van der Waals surface area contributed by atoms with Gasteiger partial charge in [-0.3, -0.25) is 0 Å². The van der Waals surface area contributed by atoms with Gasteiger partial charge in [-0.2, -0.15) is 0 Å². The molecule has 0 spiro atoms. The van der Waals surface area contributed by atoms with Crippen LogP contribution in [0.1, 0.15) is 70.2 Å². The molecule has 1 aromatic carbocycles. The molecule has 3 unspecified atom stereocenters. The third-order valence-corrected chi connectivity index (χ3v) is 13.8. The first-order valence-corrected chi connectivity index (χ1v) is 14.8. The Kier molecular flexibility index (Phi) is 7.51. The maximum absolute atomic E-state index is 15.0. The Morgan fingerprint density at radius 3 is 2.48 bits per heavy atom. The molecule has 0 radical (unpaired) electrons. The van der Waals surface area contributed by atoms with Crippen LogP contribution in [0.4, 0.5) is 13.2 Å². The van der Waals surface area contributed by atoms with Crippen molar-refractivity contribution in [3.05, 3.63) is 45.7 Å². The molecular formula is C22H31BrF3N3O3Si. The molecule has 1 aliphatic heterocycles. The number of ether oxygens (including phenoxy) is 1. The van der Waals surface area contributed by atoms with Crippen molar-refractivity contribution in [2.24, 2.45) is 0 Å². The lowest BCUT2D eigenvalue weighted by atomic mass is 10.0. The van der Waals surface area contributed by atoms with E-state index in [-0.39, 0.29) is 10.6 Å². The number of nitrogens with zero attached hydrogens (tertiary/aromatic N) is 3. The standard InChI is InChI=1S/C22H31BrF3N3O3Si/c1-21(2,3)33(4,5)22(31,14-10-13(24)11-15(25)18(14)26)12-16(30)19-27-20(23)28-29(19)17-8-6-7-9-32-17/h10-11,16-17,30-31H,6-9,12H2,1-5H3. The van der Waals surface area contributed by atoms with Crippen LogP contribution in [0.15, 0.2) is 16.9 Å². The van der Waals surface area contributed by atoms with Gasteiger partial charge >= 0.3 is 0 Å². The number of rotatable bonds is 6. The molecule has 3 rings (SSSR count). The quantitative estimate of drug-likeness (QED) is 0.366. The fourth-order valence-electron chi connectivity index (χ4n) is 4.21. The van der Waals surface area contributed by atoms with Crippen LogP contribution in [-0.2, 0) is 9.96 Å². The first-order valence-electron chi connectivity index (χ1n) is 11.0. The molecule has 184 valence electrons. The smallest absolute Gasteiger partial charge is 0.217 e. The van der Waals surface area contributed by atoms with Gasteiger partial charge in [-0.25, -0.2) is 22.8 Å². The summed E-state index contributed by atoms with van der Waals surface area (Å²) in [5.74, 6) is -3.59. The maximum Gasteiger partial charge on any atom is 0.217 e. The van der Waals surface area contributed by atoms with Crippen molar-refractivity contribution in [2.45, 2.75) is 82.1 Å². The van der Waals surface area contributed by atoms with E-state index in [2.05, 4.69) is 26.0 Å². The summed E-state index contributed by atoms with van der Waals surface area (Å²) >= 11 is 3.22. The molecule has 1 aliphatic rings. The van der Waals surface area contributed by atoms with Gasteiger partial charge in [0.2, 0.25) is 4.73 Å². The number of hydrogen-bond acceptors (Lipinski definition) is 5. The van der Waals surface area contributed by atoms with E-state index in [1.165, 1.54) is 4.68 Å². The van der Waals surface area contributed by atoms with Crippen molar-refractivity contribution in [3.63, 3.8) is 0 Å². The molecule has 6 nitrogen and oxygen atoms in total. The van der Waals surface area contributed by atoms with Crippen molar-refractivity contribution in [1.29, 1.82) is 0 Å².